The second kappa shape index (κ2) is 6.43. The average molecular weight is 273 g/mol. The molecular weight excluding hydrogens is 246 g/mol. The summed E-state index contributed by atoms with van der Waals surface area (Å²) in [6, 6.07) is 10.3. The van der Waals surface area contributed by atoms with Crippen LogP contribution in [-0.2, 0) is 11.2 Å². The summed E-state index contributed by atoms with van der Waals surface area (Å²) in [4.78, 5) is 12.5. The van der Waals surface area contributed by atoms with Crippen molar-refractivity contribution in [3.05, 3.63) is 35.9 Å². The summed E-state index contributed by atoms with van der Waals surface area (Å²) in [5.74, 6) is 0.903. The van der Waals surface area contributed by atoms with E-state index in [1.54, 1.807) is 0 Å². The Balaban J connectivity index is 1.87. The topological polar surface area (TPSA) is 29.1 Å². The molecule has 2 rings (SSSR count). The van der Waals surface area contributed by atoms with Crippen LogP contribution in [0.1, 0.15) is 45.6 Å². The van der Waals surface area contributed by atoms with Crippen LogP contribution in [0, 0.1) is 17.3 Å². The molecule has 2 heteroatoms. The monoisotopic (exact) mass is 273 g/mol. The molecular formula is C18H27NO. The molecule has 20 heavy (non-hydrogen) atoms. The Hall–Kier alpha value is -1.31. The summed E-state index contributed by atoms with van der Waals surface area (Å²) >= 11 is 0. The summed E-state index contributed by atoms with van der Waals surface area (Å²) in [5, 5.41) is 3.15. The van der Waals surface area contributed by atoms with E-state index >= 15 is 0 Å². The normalized spacial score (nSPS) is 25.1. The van der Waals surface area contributed by atoms with Crippen molar-refractivity contribution in [1.82, 2.24) is 5.32 Å². The van der Waals surface area contributed by atoms with Crippen LogP contribution >= 0.6 is 0 Å². The number of benzene rings is 1. The quantitative estimate of drug-likeness (QED) is 0.888. The lowest BCUT2D eigenvalue weighted by atomic mass is 9.64. The minimum Gasteiger partial charge on any atom is -0.356 e. The van der Waals surface area contributed by atoms with Gasteiger partial charge >= 0.3 is 0 Å². The molecule has 1 unspecified atom stereocenters. The van der Waals surface area contributed by atoms with Crippen LogP contribution in [0.25, 0.3) is 0 Å². The van der Waals surface area contributed by atoms with Crippen LogP contribution in [0.15, 0.2) is 30.3 Å². The van der Waals surface area contributed by atoms with E-state index in [2.05, 4.69) is 38.2 Å². The first kappa shape index (κ1) is 15.1. The van der Waals surface area contributed by atoms with E-state index in [1.165, 1.54) is 18.4 Å². The molecule has 0 bridgehead atoms. The second-order valence-corrected chi connectivity index (χ2v) is 6.86. The summed E-state index contributed by atoms with van der Waals surface area (Å²) in [5.41, 5.74) is 1.41. The van der Waals surface area contributed by atoms with Gasteiger partial charge in [0.1, 0.15) is 0 Å². The number of hydrogen-bond acceptors (Lipinski definition) is 1. The van der Waals surface area contributed by atoms with Gasteiger partial charge in [-0.2, -0.15) is 0 Å². The summed E-state index contributed by atoms with van der Waals surface area (Å²) in [6.07, 6.45) is 4.50. The molecule has 0 heterocycles. The van der Waals surface area contributed by atoms with Crippen molar-refractivity contribution in [2.75, 3.05) is 6.54 Å². The minimum absolute atomic E-state index is 0.133. The van der Waals surface area contributed by atoms with E-state index in [9.17, 15) is 4.79 Å². The maximum atomic E-state index is 12.5. The fraction of sp³-hybridized carbons (Fsp3) is 0.611. The number of rotatable bonds is 4. The van der Waals surface area contributed by atoms with Crippen LogP contribution in [-0.4, -0.2) is 12.5 Å². The third-order valence-electron chi connectivity index (χ3n) is 4.73. The summed E-state index contributed by atoms with van der Waals surface area (Å²) < 4.78 is 0. The van der Waals surface area contributed by atoms with E-state index in [-0.39, 0.29) is 17.2 Å². The maximum Gasteiger partial charge on any atom is 0.223 e. The van der Waals surface area contributed by atoms with Crippen molar-refractivity contribution >= 4 is 5.91 Å². The number of carbonyl (C=O) groups is 1. The van der Waals surface area contributed by atoms with Crippen molar-refractivity contribution in [2.24, 2.45) is 17.3 Å². The first-order chi connectivity index (χ1) is 9.50. The average Bonchev–Trinajstić information content (AvgIpc) is 2.38. The van der Waals surface area contributed by atoms with Gasteiger partial charge in [-0.25, -0.2) is 0 Å². The lowest BCUT2D eigenvalue weighted by Gasteiger charge is -2.41. The second-order valence-electron chi connectivity index (χ2n) is 6.86. The molecule has 0 saturated heterocycles. The highest BCUT2D eigenvalue weighted by Crippen LogP contribution is 2.43. The highest BCUT2D eigenvalue weighted by Gasteiger charge is 2.41. The van der Waals surface area contributed by atoms with E-state index in [0.717, 1.165) is 19.4 Å². The molecule has 1 fully saturated rings. The van der Waals surface area contributed by atoms with Gasteiger partial charge in [0.05, 0.1) is 0 Å². The molecule has 1 N–H and O–H groups in total. The molecule has 0 radical (unpaired) electrons. The molecule has 1 aromatic rings. The third-order valence-corrected chi connectivity index (χ3v) is 4.73. The van der Waals surface area contributed by atoms with Crippen LogP contribution in [0.2, 0.25) is 0 Å². The molecule has 1 amide bonds. The van der Waals surface area contributed by atoms with Crippen molar-refractivity contribution in [1.29, 1.82) is 0 Å². The number of amides is 1. The summed E-state index contributed by atoms with van der Waals surface area (Å²) in [6.45, 7) is 7.44. The van der Waals surface area contributed by atoms with Gasteiger partial charge in [-0.05, 0) is 36.2 Å². The zero-order valence-electron chi connectivity index (χ0n) is 13.0. The fourth-order valence-electron chi connectivity index (χ4n) is 3.67. The lowest BCUT2D eigenvalue weighted by molar-refractivity contribution is -0.132. The van der Waals surface area contributed by atoms with Gasteiger partial charge in [-0.15, -0.1) is 0 Å². The third kappa shape index (κ3) is 3.62. The molecule has 0 aliphatic heterocycles. The van der Waals surface area contributed by atoms with Gasteiger partial charge in [0.15, 0.2) is 0 Å². The number of nitrogens with one attached hydrogen (secondary N) is 1. The Morgan fingerprint density at radius 2 is 2.00 bits per heavy atom. The minimum atomic E-state index is 0.133. The van der Waals surface area contributed by atoms with Crippen molar-refractivity contribution < 1.29 is 4.79 Å². The van der Waals surface area contributed by atoms with Crippen molar-refractivity contribution in [2.45, 2.75) is 46.5 Å². The number of hydrogen-bond donors (Lipinski definition) is 1. The van der Waals surface area contributed by atoms with Crippen molar-refractivity contribution in [3.8, 4) is 0 Å². The Bertz CT molecular complexity index is 438. The van der Waals surface area contributed by atoms with Gasteiger partial charge in [0, 0.05) is 12.5 Å². The lowest BCUT2D eigenvalue weighted by Crippen LogP contribution is -2.45. The highest BCUT2D eigenvalue weighted by atomic mass is 16.1. The van der Waals surface area contributed by atoms with Gasteiger partial charge in [-0.1, -0.05) is 57.5 Å². The zero-order valence-corrected chi connectivity index (χ0v) is 13.0. The van der Waals surface area contributed by atoms with E-state index < -0.39 is 0 Å². The Morgan fingerprint density at radius 1 is 1.30 bits per heavy atom. The molecule has 0 aromatic heterocycles. The molecule has 1 aromatic carbocycles. The Morgan fingerprint density at radius 3 is 2.65 bits per heavy atom. The van der Waals surface area contributed by atoms with E-state index in [4.69, 9.17) is 0 Å². The van der Waals surface area contributed by atoms with E-state index in [0.29, 0.717) is 5.92 Å². The molecule has 0 spiro atoms. The predicted molar refractivity (Wildman–Crippen MR) is 83.4 cm³/mol. The molecule has 1 aliphatic carbocycles. The molecule has 110 valence electrons. The largest absolute Gasteiger partial charge is 0.356 e. The molecule has 2 atom stereocenters. The van der Waals surface area contributed by atoms with Gasteiger partial charge in [0.2, 0.25) is 5.91 Å². The first-order valence-corrected chi connectivity index (χ1v) is 7.82. The Kier molecular flexibility index (Phi) is 4.85. The standard InChI is InChI=1S/C18H27NO/c1-14-8-7-12-18(2,3)16(14)17(20)19-13-11-15-9-5-4-6-10-15/h4-6,9-10,14,16H,7-8,11-13H2,1-3H3,(H,19,20)/t14-,16?/m0/s1. The number of carbonyl (C=O) groups excluding carboxylic acids is 1. The molecule has 1 saturated carbocycles. The van der Waals surface area contributed by atoms with Crippen molar-refractivity contribution in [3.63, 3.8) is 0 Å². The van der Waals surface area contributed by atoms with Crippen LogP contribution in [0.4, 0.5) is 0 Å². The highest BCUT2D eigenvalue weighted by molar-refractivity contribution is 5.79. The fourth-order valence-corrected chi connectivity index (χ4v) is 3.67. The summed E-state index contributed by atoms with van der Waals surface area (Å²) in [7, 11) is 0. The zero-order chi connectivity index (χ0) is 14.6. The Labute approximate surface area is 123 Å². The van der Waals surface area contributed by atoms with Gasteiger partial charge in [0.25, 0.3) is 0 Å². The molecule has 2 nitrogen and oxygen atoms in total. The maximum absolute atomic E-state index is 12.5. The smallest absolute Gasteiger partial charge is 0.223 e. The van der Waals surface area contributed by atoms with Crippen LogP contribution < -0.4 is 5.32 Å². The SMILES string of the molecule is C[C@H]1CCCC(C)(C)C1C(=O)NCCc1ccccc1. The first-order valence-electron chi connectivity index (χ1n) is 7.82. The van der Waals surface area contributed by atoms with Crippen LogP contribution in [0.5, 0.6) is 0 Å². The van der Waals surface area contributed by atoms with Gasteiger partial charge in [-0.3, -0.25) is 4.79 Å². The molecule has 1 aliphatic rings. The van der Waals surface area contributed by atoms with Gasteiger partial charge < -0.3 is 5.32 Å². The predicted octanol–water partition coefficient (Wildman–Crippen LogP) is 3.81. The van der Waals surface area contributed by atoms with Crippen LogP contribution in [0.3, 0.4) is 0 Å². The van der Waals surface area contributed by atoms with E-state index in [1.807, 2.05) is 18.2 Å².